The topological polar surface area (TPSA) is 74.7 Å². The molecule has 0 aromatic heterocycles. The predicted octanol–water partition coefficient (Wildman–Crippen LogP) is 1.83. The second-order valence-electron chi connectivity index (χ2n) is 4.36. The highest BCUT2D eigenvalue weighted by Crippen LogP contribution is 2.08. The van der Waals surface area contributed by atoms with E-state index in [0.29, 0.717) is 24.1 Å². The number of aliphatic carboxylic acids is 1. The first-order chi connectivity index (χ1) is 8.91. The van der Waals surface area contributed by atoms with Crippen LogP contribution in [0.3, 0.4) is 0 Å². The van der Waals surface area contributed by atoms with Crippen LogP contribution >= 0.6 is 0 Å². The van der Waals surface area contributed by atoms with Gasteiger partial charge in [-0.25, -0.2) is 0 Å². The standard InChI is InChI=1S/C14H17NO4/c1-10(16)11-5-7-12(8-6-11)14(19)15(2)9-3-4-13(17)18/h5-8H,3-4,9H2,1-2H3,(H,17,18). The van der Waals surface area contributed by atoms with Gasteiger partial charge in [-0.15, -0.1) is 0 Å². The summed E-state index contributed by atoms with van der Waals surface area (Å²) in [6.07, 6.45) is 0.462. The van der Waals surface area contributed by atoms with Gasteiger partial charge in [-0.3, -0.25) is 14.4 Å². The summed E-state index contributed by atoms with van der Waals surface area (Å²) in [5.74, 6) is -1.10. The number of nitrogens with zero attached hydrogens (tertiary/aromatic N) is 1. The summed E-state index contributed by atoms with van der Waals surface area (Å²) in [5.41, 5.74) is 1.05. The van der Waals surface area contributed by atoms with E-state index in [1.54, 1.807) is 31.3 Å². The molecule has 0 aliphatic carbocycles. The zero-order valence-electron chi connectivity index (χ0n) is 11.0. The molecule has 5 nitrogen and oxygen atoms in total. The summed E-state index contributed by atoms with van der Waals surface area (Å²) in [5, 5.41) is 8.53. The Morgan fingerprint density at radius 1 is 1.11 bits per heavy atom. The molecule has 0 aliphatic heterocycles. The molecule has 0 radical (unpaired) electrons. The van der Waals surface area contributed by atoms with E-state index >= 15 is 0 Å². The van der Waals surface area contributed by atoms with E-state index in [9.17, 15) is 14.4 Å². The first kappa shape index (κ1) is 14.9. The Morgan fingerprint density at radius 3 is 2.11 bits per heavy atom. The molecule has 1 N–H and O–H groups in total. The summed E-state index contributed by atoms with van der Waals surface area (Å²) >= 11 is 0. The molecular formula is C14H17NO4. The number of carboxylic acid groups (broad SMARTS) is 1. The van der Waals surface area contributed by atoms with Gasteiger partial charge in [0.25, 0.3) is 5.91 Å². The number of carbonyl (C=O) groups is 3. The molecule has 5 heteroatoms. The van der Waals surface area contributed by atoms with Crippen LogP contribution in [0.1, 0.15) is 40.5 Å². The van der Waals surface area contributed by atoms with Crippen molar-refractivity contribution in [2.75, 3.05) is 13.6 Å². The van der Waals surface area contributed by atoms with E-state index in [1.807, 2.05) is 0 Å². The lowest BCUT2D eigenvalue weighted by atomic mass is 10.1. The highest BCUT2D eigenvalue weighted by Gasteiger charge is 2.12. The molecule has 1 amide bonds. The van der Waals surface area contributed by atoms with Crippen LogP contribution in [-0.4, -0.2) is 41.3 Å². The molecule has 1 rings (SSSR count). The van der Waals surface area contributed by atoms with Crippen LogP contribution in [-0.2, 0) is 4.79 Å². The molecule has 0 aliphatic rings. The number of rotatable bonds is 6. The smallest absolute Gasteiger partial charge is 0.303 e. The largest absolute Gasteiger partial charge is 0.481 e. The Bertz CT molecular complexity index is 479. The maximum atomic E-state index is 12.0. The van der Waals surface area contributed by atoms with Gasteiger partial charge >= 0.3 is 5.97 Å². The number of benzene rings is 1. The Hall–Kier alpha value is -2.17. The van der Waals surface area contributed by atoms with E-state index in [4.69, 9.17) is 5.11 Å². The zero-order chi connectivity index (χ0) is 14.4. The molecule has 102 valence electrons. The number of carboxylic acids is 1. The average molecular weight is 263 g/mol. The Kier molecular flexibility index (Phi) is 5.23. The molecule has 1 aromatic carbocycles. The van der Waals surface area contributed by atoms with Crippen LogP contribution in [0.25, 0.3) is 0 Å². The van der Waals surface area contributed by atoms with Crippen molar-refractivity contribution in [1.29, 1.82) is 0 Å². The first-order valence-electron chi connectivity index (χ1n) is 6.00. The highest BCUT2D eigenvalue weighted by molar-refractivity contribution is 5.97. The van der Waals surface area contributed by atoms with Crippen LogP contribution < -0.4 is 0 Å². The lowest BCUT2D eigenvalue weighted by Crippen LogP contribution is -2.28. The van der Waals surface area contributed by atoms with E-state index in [1.165, 1.54) is 11.8 Å². The molecule has 0 spiro atoms. The Labute approximate surface area is 111 Å². The van der Waals surface area contributed by atoms with E-state index in [-0.39, 0.29) is 18.1 Å². The van der Waals surface area contributed by atoms with Crippen LogP contribution in [0.2, 0.25) is 0 Å². The van der Waals surface area contributed by atoms with Crippen LogP contribution in [0.15, 0.2) is 24.3 Å². The SMILES string of the molecule is CC(=O)c1ccc(C(=O)N(C)CCCC(=O)O)cc1. The number of ketones is 1. The van der Waals surface area contributed by atoms with Crippen LogP contribution in [0.5, 0.6) is 0 Å². The molecule has 0 saturated heterocycles. The highest BCUT2D eigenvalue weighted by atomic mass is 16.4. The fourth-order valence-electron chi connectivity index (χ4n) is 1.64. The third kappa shape index (κ3) is 4.54. The normalized spacial score (nSPS) is 10.0. The van der Waals surface area contributed by atoms with Crippen molar-refractivity contribution in [3.05, 3.63) is 35.4 Å². The van der Waals surface area contributed by atoms with Gasteiger partial charge in [0, 0.05) is 31.1 Å². The molecule has 1 aromatic rings. The van der Waals surface area contributed by atoms with Crippen molar-refractivity contribution >= 4 is 17.7 Å². The number of hydrogen-bond donors (Lipinski definition) is 1. The molecule has 0 bridgehead atoms. The van der Waals surface area contributed by atoms with Gasteiger partial charge in [-0.1, -0.05) is 12.1 Å². The van der Waals surface area contributed by atoms with Crippen molar-refractivity contribution in [3.8, 4) is 0 Å². The maximum Gasteiger partial charge on any atom is 0.303 e. The molecule has 0 unspecified atom stereocenters. The third-order valence-electron chi connectivity index (χ3n) is 2.77. The minimum absolute atomic E-state index is 0.0426. The van der Waals surface area contributed by atoms with Gasteiger partial charge in [0.2, 0.25) is 0 Å². The van der Waals surface area contributed by atoms with Crippen molar-refractivity contribution in [1.82, 2.24) is 4.90 Å². The Morgan fingerprint density at radius 2 is 1.63 bits per heavy atom. The first-order valence-corrected chi connectivity index (χ1v) is 6.00. The minimum Gasteiger partial charge on any atom is -0.481 e. The lowest BCUT2D eigenvalue weighted by molar-refractivity contribution is -0.137. The summed E-state index contributed by atoms with van der Waals surface area (Å²) in [6.45, 7) is 1.86. The quantitative estimate of drug-likeness (QED) is 0.794. The zero-order valence-corrected chi connectivity index (χ0v) is 11.0. The van der Waals surface area contributed by atoms with E-state index in [2.05, 4.69) is 0 Å². The molecule has 0 atom stereocenters. The maximum absolute atomic E-state index is 12.0. The van der Waals surface area contributed by atoms with Gasteiger partial charge in [0.05, 0.1) is 0 Å². The fourth-order valence-corrected chi connectivity index (χ4v) is 1.64. The van der Waals surface area contributed by atoms with Gasteiger partial charge in [0.1, 0.15) is 0 Å². The summed E-state index contributed by atoms with van der Waals surface area (Å²) in [6, 6.07) is 6.43. The lowest BCUT2D eigenvalue weighted by Gasteiger charge is -2.16. The number of hydrogen-bond acceptors (Lipinski definition) is 3. The summed E-state index contributed by atoms with van der Waals surface area (Å²) < 4.78 is 0. The third-order valence-corrected chi connectivity index (χ3v) is 2.77. The molecule has 0 fully saturated rings. The van der Waals surface area contributed by atoms with E-state index < -0.39 is 5.97 Å². The molecular weight excluding hydrogens is 246 g/mol. The predicted molar refractivity (Wildman–Crippen MR) is 70.3 cm³/mol. The number of amides is 1. The minimum atomic E-state index is -0.869. The van der Waals surface area contributed by atoms with Crippen LogP contribution in [0, 0.1) is 0 Å². The second-order valence-corrected chi connectivity index (χ2v) is 4.36. The number of carbonyl (C=O) groups excluding carboxylic acids is 2. The van der Waals surface area contributed by atoms with Crippen molar-refractivity contribution in [2.45, 2.75) is 19.8 Å². The fraction of sp³-hybridized carbons (Fsp3) is 0.357. The van der Waals surface area contributed by atoms with Crippen molar-refractivity contribution < 1.29 is 19.5 Å². The molecule has 19 heavy (non-hydrogen) atoms. The molecule has 0 saturated carbocycles. The number of Topliss-reactive ketones (excluding diaryl/α,β-unsaturated/α-hetero) is 1. The Balaban J connectivity index is 2.61. The van der Waals surface area contributed by atoms with Crippen molar-refractivity contribution in [2.24, 2.45) is 0 Å². The second kappa shape index (κ2) is 6.68. The van der Waals surface area contributed by atoms with Crippen molar-refractivity contribution in [3.63, 3.8) is 0 Å². The monoisotopic (exact) mass is 263 g/mol. The van der Waals surface area contributed by atoms with Gasteiger partial charge in [-0.05, 0) is 25.5 Å². The summed E-state index contributed by atoms with van der Waals surface area (Å²) in [7, 11) is 1.63. The van der Waals surface area contributed by atoms with Gasteiger partial charge in [0.15, 0.2) is 5.78 Å². The molecule has 0 heterocycles. The van der Waals surface area contributed by atoms with Crippen LogP contribution in [0.4, 0.5) is 0 Å². The van der Waals surface area contributed by atoms with Gasteiger partial charge in [-0.2, -0.15) is 0 Å². The summed E-state index contributed by atoms with van der Waals surface area (Å²) in [4.78, 5) is 35.0. The van der Waals surface area contributed by atoms with E-state index in [0.717, 1.165) is 0 Å². The average Bonchev–Trinajstić information content (AvgIpc) is 2.37. The van der Waals surface area contributed by atoms with Gasteiger partial charge < -0.3 is 10.0 Å².